The molecule has 3 aromatic rings. The van der Waals surface area contributed by atoms with E-state index in [1.54, 1.807) is 67.7 Å². The molecular formula is C23H22N4O4. The van der Waals surface area contributed by atoms with E-state index in [1.165, 1.54) is 13.3 Å². The Kier molecular flexibility index (Phi) is 6.95. The fourth-order valence-electron chi connectivity index (χ4n) is 2.75. The van der Waals surface area contributed by atoms with Crippen molar-refractivity contribution in [3.63, 3.8) is 0 Å². The zero-order valence-corrected chi connectivity index (χ0v) is 17.1. The standard InChI is InChI=1S/C23H22N4O4/c1-3-21(28)25-17-8-4-6-15(12-17)22(29)26-18-9-10-19(20(13-18)31-2)27-23(30)16-7-5-11-24-14-16/h4-14H,3H2,1-2H3,(H,25,28)(H,26,29)(H,27,30). The minimum atomic E-state index is -0.346. The van der Waals surface area contributed by atoms with Gasteiger partial charge in [0.1, 0.15) is 5.75 Å². The van der Waals surface area contributed by atoms with Crippen molar-refractivity contribution in [1.29, 1.82) is 0 Å². The molecule has 0 aliphatic rings. The van der Waals surface area contributed by atoms with E-state index in [4.69, 9.17) is 4.74 Å². The van der Waals surface area contributed by atoms with Gasteiger partial charge in [0, 0.05) is 41.8 Å². The number of benzene rings is 2. The molecule has 3 N–H and O–H groups in total. The number of nitrogens with one attached hydrogen (secondary N) is 3. The molecule has 0 bridgehead atoms. The molecule has 0 fully saturated rings. The largest absolute Gasteiger partial charge is 0.494 e. The topological polar surface area (TPSA) is 109 Å². The maximum atomic E-state index is 12.6. The molecule has 0 atom stereocenters. The van der Waals surface area contributed by atoms with Crippen LogP contribution in [0.3, 0.4) is 0 Å². The lowest BCUT2D eigenvalue weighted by Crippen LogP contribution is -2.15. The van der Waals surface area contributed by atoms with Crippen LogP contribution in [-0.4, -0.2) is 29.8 Å². The van der Waals surface area contributed by atoms with E-state index in [-0.39, 0.29) is 17.7 Å². The van der Waals surface area contributed by atoms with Gasteiger partial charge in [-0.05, 0) is 42.5 Å². The molecule has 3 amide bonds. The second-order valence-corrected chi connectivity index (χ2v) is 6.55. The number of aromatic nitrogens is 1. The van der Waals surface area contributed by atoms with Gasteiger partial charge in [-0.25, -0.2) is 0 Å². The zero-order chi connectivity index (χ0) is 22.2. The van der Waals surface area contributed by atoms with Crippen LogP contribution in [-0.2, 0) is 4.79 Å². The van der Waals surface area contributed by atoms with Gasteiger partial charge in [0.15, 0.2) is 0 Å². The number of ether oxygens (including phenoxy) is 1. The van der Waals surface area contributed by atoms with Crippen molar-refractivity contribution in [3.05, 3.63) is 78.1 Å². The van der Waals surface area contributed by atoms with Crippen molar-refractivity contribution in [1.82, 2.24) is 4.98 Å². The Balaban J connectivity index is 1.72. The van der Waals surface area contributed by atoms with Gasteiger partial charge in [-0.1, -0.05) is 13.0 Å². The molecule has 158 valence electrons. The molecule has 0 aliphatic heterocycles. The van der Waals surface area contributed by atoms with Gasteiger partial charge in [-0.15, -0.1) is 0 Å². The Morgan fingerprint density at radius 1 is 0.871 bits per heavy atom. The Bertz CT molecular complexity index is 1100. The first kappa shape index (κ1) is 21.5. The molecule has 1 heterocycles. The maximum Gasteiger partial charge on any atom is 0.257 e. The van der Waals surface area contributed by atoms with Crippen LogP contribution in [0.4, 0.5) is 17.1 Å². The highest BCUT2D eigenvalue weighted by molar-refractivity contribution is 6.07. The Labute approximate surface area is 179 Å². The fraction of sp³-hybridized carbons (Fsp3) is 0.130. The average Bonchev–Trinajstić information content (AvgIpc) is 2.80. The molecule has 0 radical (unpaired) electrons. The monoisotopic (exact) mass is 418 g/mol. The van der Waals surface area contributed by atoms with E-state index >= 15 is 0 Å². The number of methoxy groups -OCH3 is 1. The predicted octanol–water partition coefficient (Wildman–Crippen LogP) is 3.94. The van der Waals surface area contributed by atoms with Gasteiger partial charge in [-0.2, -0.15) is 0 Å². The Morgan fingerprint density at radius 2 is 1.61 bits per heavy atom. The summed E-state index contributed by atoms with van der Waals surface area (Å²) < 4.78 is 5.36. The molecule has 2 aromatic carbocycles. The summed E-state index contributed by atoms with van der Waals surface area (Å²) in [5, 5.41) is 8.27. The Hall–Kier alpha value is -4.20. The smallest absolute Gasteiger partial charge is 0.257 e. The van der Waals surface area contributed by atoms with E-state index in [9.17, 15) is 14.4 Å². The number of rotatable bonds is 7. The number of pyridine rings is 1. The maximum absolute atomic E-state index is 12.6. The number of amides is 3. The molecule has 8 nitrogen and oxygen atoms in total. The molecule has 8 heteroatoms. The molecule has 3 rings (SSSR count). The molecule has 0 aliphatic carbocycles. The van der Waals surface area contributed by atoms with Crippen LogP contribution in [0.2, 0.25) is 0 Å². The van der Waals surface area contributed by atoms with Crippen molar-refractivity contribution in [2.24, 2.45) is 0 Å². The van der Waals surface area contributed by atoms with Gasteiger partial charge >= 0.3 is 0 Å². The molecule has 0 unspecified atom stereocenters. The lowest BCUT2D eigenvalue weighted by atomic mass is 10.1. The third kappa shape index (κ3) is 5.66. The van der Waals surface area contributed by atoms with Crippen LogP contribution in [0.5, 0.6) is 5.75 Å². The average molecular weight is 418 g/mol. The van der Waals surface area contributed by atoms with Gasteiger partial charge in [-0.3, -0.25) is 19.4 Å². The summed E-state index contributed by atoms with van der Waals surface area (Å²) in [6.07, 6.45) is 3.40. The first-order chi connectivity index (χ1) is 15.0. The van der Waals surface area contributed by atoms with E-state index in [2.05, 4.69) is 20.9 Å². The highest BCUT2D eigenvalue weighted by Crippen LogP contribution is 2.28. The summed E-state index contributed by atoms with van der Waals surface area (Å²) in [6, 6.07) is 14.9. The van der Waals surface area contributed by atoms with Crippen molar-refractivity contribution >= 4 is 34.8 Å². The molecule has 1 aromatic heterocycles. The van der Waals surface area contributed by atoms with Crippen molar-refractivity contribution in [3.8, 4) is 5.75 Å². The molecule has 0 saturated carbocycles. The van der Waals surface area contributed by atoms with Crippen molar-refractivity contribution in [2.45, 2.75) is 13.3 Å². The van der Waals surface area contributed by atoms with Crippen molar-refractivity contribution < 1.29 is 19.1 Å². The van der Waals surface area contributed by atoms with Crippen LogP contribution in [0, 0.1) is 0 Å². The van der Waals surface area contributed by atoms with Gasteiger partial charge in [0.05, 0.1) is 18.4 Å². The lowest BCUT2D eigenvalue weighted by molar-refractivity contribution is -0.115. The van der Waals surface area contributed by atoms with Crippen LogP contribution in [0.1, 0.15) is 34.1 Å². The van der Waals surface area contributed by atoms with Crippen LogP contribution in [0.25, 0.3) is 0 Å². The lowest BCUT2D eigenvalue weighted by Gasteiger charge is -2.13. The number of carbonyl (C=O) groups excluding carboxylic acids is 3. The third-order valence-electron chi connectivity index (χ3n) is 4.36. The summed E-state index contributed by atoms with van der Waals surface area (Å²) >= 11 is 0. The summed E-state index contributed by atoms with van der Waals surface area (Å²) in [7, 11) is 1.47. The first-order valence-electron chi connectivity index (χ1n) is 9.61. The van der Waals surface area contributed by atoms with Gasteiger partial charge < -0.3 is 20.7 Å². The number of anilines is 3. The molecule has 31 heavy (non-hydrogen) atoms. The predicted molar refractivity (Wildman–Crippen MR) is 119 cm³/mol. The van der Waals surface area contributed by atoms with Crippen molar-refractivity contribution in [2.75, 3.05) is 23.1 Å². The van der Waals surface area contributed by atoms with Crippen LogP contribution >= 0.6 is 0 Å². The number of hydrogen-bond donors (Lipinski definition) is 3. The second-order valence-electron chi connectivity index (χ2n) is 6.55. The molecule has 0 spiro atoms. The minimum Gasteiger partial charge on any atom is -0.494 e. The summed E-state index contributed by atoms with van der Waals surface area (Å²) in [6.45, 7) is 1.75. The molecule has 0 saturated heterocycles. The van der Waals surface area contributed by atoms with E-state index < -0.39 is 0 Å². The van der Waals surface area contributed by atoms with Crippen LogP contribution < -0.4 is 20.7 Å². The minimum absolute atomic E-state index is 0.133. The van der Waals surface area contributed by atoms with Gasteiger partial charge in [0.2, 0.25) is 5.91 Å². The molecular weight excluding hydrogens is 396 g/mol. The quantitative estimate of drug-likeness (QED) is 0.538. The van der Waals surface area contributed by atoms with E-state index in [1.807, 2.05) is 0 Å². The van der Waals surface area contributed by atoms with E-state index in [0.29, 0.717) is 40.4 Å². The fourth-order valence-corrected chi connectivity index (χ4v) is 2.75. The second kappa shape index (κ2) is 10.0. The summed E-state index contributed by atoms with van der Waals surface area (Å²) in [5.41, 5.74) is 2.30. The highest BCUT2D eigenvalue weighted by atomic mass is 16.5. The highest BCUT2D eigenvalue weighted by Gasteiger charge is 2.13. The van der Waals surface area contributed by atoms with Crippen LogP contribution in [0.15, 0.2) is 67.0 Å². The third-order valence-corrected chi connectivity index (χ3v) is 4.36. The summed E-state index contributed by atoms with van der Waals surface area (Å²) in [4.78, 5) is 40.5. The van der Waals surface area contributed by atoms with Gasteiger partial charge in [0.25, 0.3) is 11.8 Å². The SMILES string of the molecule is CCC(=O)Nc1cccc(C(=O)Nc2ccc(NC(=O)c3cccnc3)c(OC)c2)c1. The normalized spacial score (nSPS) is 10.1. The Morgan fingerprint density at radius 3 is 2.32 bits per heavy atom. The van der Waals surface area contributed by atoms with E-state index in [0.717, 1.165) is 0 Å². The number of hydrogen-bond acceptors (Lipinski definition) is 5. The summed E-state index contributed by atoms with van der Waals surface area (Å²) in [5.74, 6) is -0.416. The number of nitrogens with zero attached hydrogens (tertiary/aromatic N) is 1. The number of carbonyl (C=O) groups is 3. The zero-order valence-electron chi connectivity index (χ0n) is 17.1. The first-order valence-corrected chi connectivity index (χ1v) is 9.61.